The number of benzene rings is 10. The Hall–Kier alpha value is -7.47. The Balaban J connectivity index is 1.11. The van der Waals surface area contributed by atoms with Crippen molar-refractivity contribution in [2.75, 3.05) is 0 Å². The zero-order chi connectivity index (χ0) is 36.5. The third-order valence-electron chi connectivity index (χ3n) is 11.4. The summed E-state index contributed by atoms with van der Waals surface area (Å²) in [7, 11) is 0. The zero-order valence-electron chi connectivity index (χ0n) is 29.9. The van der Waals surface area contributed by atoms with E-state index in [0.717, 1.165) is 38.6 Å². The van der Waals surface area contributed by atoms with Crippen molar-refractivity contribution < 1.29 is 0 Å². The SMILES string of the molecule is [C-]#[N+]c1ccc2c(c1)c1cc(-c3cccc(-c4cc5c6cccc(-c7cccc8ccccc78)c6ccc5c5ccccc45)c3)ccc1n2-c1ccccc1. The second kappa shape index (κ2) is 12.3. The quantitative estimate of drug-likeness (QED) is 0.128. The largest absolute Gasteiger partial charge is 0.309 e. The molecule has 0 saturated carbocycles. The van der Waals surface area contributed by atoms with Gasteiger partial charge < -0.3 is 4.57 Å². The van der Waals surface area contributed by atoms with Gasteiger partial charge in [-0.25, -0.2) is 4.85 Å². The Morgan fingerprint density at radius 2 is 0.891 bits per heavy atom. The van der Waals surface area contributed by atoms with E-state index in [4.69, 9.17) is 6.57 Å². The monoisotopic (exact) mass is 696 g/mol. The van der Waals surface area contributed by atoms with E-state index in [9.17, 15) is 0 Å². The number of fused-ring (bicyclic) bond motifs is 9. The van der Waals surface area contributed by atoms with Crippen molar-refractivity contribution in [3.8, 4) is 39.1 Å². The molecule has 2 heteroatoms. The van der Waals surface area contributed by atoms with Crippen LogP contribution >= 0.6 is 0 Å². The fourth-order valence-electron chi connectivity index (χ4n) is 8.86. The molecule has 11 rings (SSSR count). The van der Waals surface area contributed by atoms with Crippen LogP contribution in [0, 0.1) is 6.57 Å². The highest BCUT2D eigenvalue weighted by atomic mass is 15.0. The molecular weight excluding hydrogens is 665 g/mol. The van der Waals surface area contributed by atoms with Gasteiger partial charge >= 0.3 is 0 Å². The highest BCUT2D eigenvalue weighted by molar-refractivity contribution is 6.23. The van der Waals surface area contributed by atoms with Gasteiger partial charge in [-0.05, 0) is 130 Å². The minimum atomic E-state index is 0.645. The molecule has 0 unspecified atom stereocenters. The van der Waals surface area contributed by atoms with Crippen LogP contribution in [-0.4, -0.2) is 4.57 Å². The standard InChI is InChI=1S/C53H32N2/c1-54-38-25-29-53-51(32-38)50-31-36(24-28-52(50)55(53)39-16-3-2-4-17-39)35-14-9-15-37(30-35)48-33-49-45-23-11-22-43(41-21-10-13-34-12-5-6-18-40(34)41)46(45)26-27-47(49)42-19-7-8-20-44(42)48/h2-33H. The Labute approximate surface area is 318 Å². The van der Waals surface area contributed by atoms with E-state index < -0.39 is 0 Å². The first-order valence-electron chi connectivity index (χ1n) is 18.7. The lowest BCUT2D eigenvalue weighted by Gasteiger charge is -2.16. The minimum absolute atomic E-state index is 0.645. The van der Waals surface area contributed by atoms with E-state index in [1.807, 2.05) is 18.2 Å². The highest BCUT2D eigenvalue weighted by Crippen LogP contribution is 2.43. The van der Waals surface area contributed by atoms with E-state index in [-0.39, 0.29) is 0 Å². The van der Waals surface area contributed by atoms with E-state index >= 15 is 0 Å². The molecule has 11 aromatic rings. The van der Waals surface area contributed by atoms with E-state index in [2.05, 4.69) is 185 Å². The molecule has 0 aliphatic rings. The smallest absolute Gasteiger partial charge is 0.188 e. The number of aromatic nitrogens is 1. The molecule has 2 nitrogen and oxygen atoms in total. The van der Waals surface area contributed by atoms with E-state index in [1.165, 1.54) is 65.3 Å². The topological polar surface area (TPSA) is 9.29 Å². The molecule has 0 amide bonds. The molecule has 254 valence electrons. The molecule has 0 saturated heterocycles. The Bertz CT molecular complexity index is 3370. The average molecular weight is 697 g/mol. The summed E-state index contributed by atoms with van der Waals surface area (Å²) in [5.74, 6) is 0. The van der Waals surface area contributed by atoms with Crippen LogP contribution in [0.3, 0.4) is 0 Å². The first-order chi connectivity index (χ1) is 27.2. The van der Waals surface area contributed by atoms with E-state index in [1.54, 1.807) is 0 Å². The summed E-state index contributed by atoms with van der Waals surface area (Å²) in [5, 5.41) is 12.3. The van der Waals surface area contributed by atoms with Gasteiger partial charge in [0.15, 0.2) is 5.69 Å². The third-order valence-corrected chi connectivity index (χ3v) is 11.4. The van der Waals surface area contributed by atoms with Crippen molar-refractivity contribution in [1.82, 2.24) is 4.57 Å². The lowest BCUT2D eigenvalue weighted by atomic mass is 9.88. The van der Waals surface area contributed by atoms with Gasteiger partial charge in [-0.15, -0.1) is 0 Å². The molecule has 0 spiro atoms. The molecule has 1 aromatic heterocycles. The number of para-hydroxylation sites is 1. The molecular formula is C53H32N2. The summed E-state index contributed by atoms with van der Waals surface area (Å²) < 4.78 is 2.30. The van der Waals surface area contributed by atoms with Gasteiger partial charge in [-0.2, -0.15) is 0 Å². The number of nitrogens with zero attached hydrogens (tertiary/aromatic N) is 2. The van der Waals surface area contributed by atoms with Crippen LogP contribution in [0.1, 0.15) is 0 Å². The molecule has 0 aliphatic heterocycles. The van der Waals surface area contributed by atoms with Crippen molar-refractivity contribution in [1.29, 1.82) is 0 Å². The zero-order valence-corrected chi connectivity index (χ0v) is 29.9. The van der Waals surface area contributed by atoms with Gasteiger partial charge in [0, 0.05) is 11.1 Å². The Kier molecular flexibility index (Phi) is 6.96. The molecule has 0 atom stereocenters. The molecule has 0 fully saturated rings. The molecule has 0 radical (unpaired) electrons. The summed E-state index contributed by atoms with van der Waals surface area (Å²) in [6.45, 7) is 7.73. The van der Waals surface area contributed by atoms with Crippen LogP contribution in [0.15, 0.2) is 194 Å². The first kappa shape index (κ1) is 31.1. The molecule has 0 aliphatic carbocycles. The molecule has 1 heterocycles. The fourth-order valence-corrected chi connectivity index (χ4v) is 8.86. The fraction of sp³-hybridized carbons (Fsp3) is 0. The second-order valence-corrected chi connectivity index (χ2v) is 14.4. The van der Waals surface area contributed by atoms with Crippen LogP contribution in [0.5, 0.6) is 0 Å². The van der Waals surface area contributed by atoms with Crippen molar-refractivity contribution in [3.63, 3.8) is 0 Å². The number of hydrogen-bond acceptors (Lipinski definition) is 0. The van der Waals surface area contributed by atoms with Crippen molar-refractivity contribution in [3.05, 3.63) is 206 Å². The van der Waals surface area contributed by atoms with Crippen LogP contribution in [0.4, 0.5) is 5.69 Å². The van der Waals surface area contributed by atoms with Crippen molar-refractivity contribution >= 4 is 70.6 Å². The molecule has 55 heavy (non-hydrogen) atoms. The van der Waals surface area contributed by atoms with Gasteiger partial charge in [0.25, 0.3) is 0 Å². The maximum absolute atomic E-state index is 7.73. The Morgan fingerprint density at radius 1 is 0.327 bits per heavy atom. The lowest BCUT2D eigenvalue weighted by molar-refractivity contribution is 1.18. The molecule has 0 N–H and O–H groups in total. The van der Waals surface area contributed by atoms with Crippen LogP contribution < -0.4 is 0 Å². The predicted octanol–water partition coefficient (Wildman–Crippen LogP) is 14.9. The summed E-state index contributed by atoms with van der Waals surface area (Å²) in [6.07, 6.45) is 0. The summed E-state index contributed by atoms with van der Waals surface area (Å²) in [4.78, 5) is 3.77. The van der Waals surface area contributed by atoms with E-state index in [0.29, 0.717) is 5.69 Å². The van der Waals surface area contributed by atoms with Crippen molar-refractivity contribution in [2.24, 2.45) is 0 Å². The van der Waals surface area contributed by atoms with Gasteiger partial charge in [0.1, 0.15) is 0 Å². The van der Waals surface area contributed by atoms with Gasteiger partial charge in [0.2, 0.25) is 0 Å². The maximum Gasteiger partial charge on any atom is 0.188 e. The normalized spacial score (nSPS) is 11.6. The summed E-state index contributed by atoms with van der Waals surface area (Å²) >= 11 is 0. The average Bonchev–Trinajstić information content (AvgIpc) is 3.58. The highest BCUT2D eigenvalue weighted by Gasteiger charge is 2.17. The Morgan fingerprint density at radius 3 is 1.75 bits per heavy atom. The van der Waals surface area contributed by atoms with Gasteiger partial charge in [-0.3, -0.25) is 0 Å². The predicted molar refractivity (Wildman–Crippen MR) is 233 cm³/mol. The van der Waals surface area contributed by atoms with Gasteiger partial charge in [0.05, 0.1) is 17.6 Å². The lowest BCUT2D eigenvalue weighted by Crippen LogP contribution is -1.92. The van der Waals surface area contributed by atoms with Crippen molar-refractivity contribution in [2.45, 2.75) is 0 Å². The molecule has 0 bridgehead atoms. The summed E-state index contributed by atoms with van der Waals surface area (Å²) in [6, 6.07) is 70.1. The third kappa shape index (κ3) is 4.88. The first-order valence-corrected chi connectivity index (χ1v) is 18.7. The van der Waals surface area contributed by atoms with Crippen LogP contribution in [0.2, 0.25) is 0 Å². The molecule has 10 aromatic carbocycles. The number of rotatable bonds is 4. The summed E-state index contributed by atoms with van der Waals surface area (Å²) in [5.41, 5.74) is 11.2. The number of hydrogen-bond donors (Lipinski definition) is 0. The minimum Gasteiger partial charge on any atom is -0.309 e. The van der Waals surface area contributed by atoms with Crippen LogP contribution in [-0.2, 0) is 0 Å². The second-order valence-electron chi connectivity index (χ2n) is 14.4. The maximum atomic E-state index is 7.73. The van der Waals surface area contributed by atoms with Gasteiger partial charge in [-0.1, -0.05) is 146 Å². The van der Waals surface area contributed by atoms with Crippen LogP contribution in [0.25, 0.3) is 109 Å².